The van der Waals surface area contributed by atoms with Crippen molar-refractivity contribution in [2.24, 2.45) is 5.73 Å². The van der Waals surface area contributed by atoms with E-state index in [-0.39, 0.29) is 12.5 Å². The Balaban J connectivity index is 2.10. The highest BCUT2D eigenvalue weighted by atomic mass is 79.9. The maximum atomic E-state index is 12.0. The van der Waals surface area contributed by atoms with E-state index in [0.29, 0.717) is 13.0 Å². The van der Waals surface area contributed by atoms with Crippen LogP contribution in [0.15, 0.2) is 28.7 Å². The number of amides is 1. The van der Waals surface area contributed by atoms with Gasteiger partial charge < -0.3 is 15.8 Å². The number of nitrogens with one attached hydrogen (secondary N) is 1. The molecule has 1 aliphatic rings. The summed E-state index contributed by atoms with van der Waals surface area (Å²) in [5.74, 6) is -0.197. The molecule has 16 heavy (non-hydrogen) atoms. The summed E-state index contributed by atoms with van der Waals surface area (Å²) in [4.78, 5) is 12.0. The fraction of sp³-hybridized carbons (Fsp3) is 0.364. The topological polar surface area (TPSA) is 64.4 Å². The standard InChI is InChI=1S/C11H13BrN2O2/c12-8-3-1-2-4-9(8)14-10(15)11(13)5-6-16-7-11/h1-4H,5-7,13H2,(H,14,15). The number of rotatable bonds is 2. The van der Waals surface area contributed by atoms with Crippen LogP contribution >= 0.6 is 15.9 Å². The number of halogens is 1. The van der Waals surface area contributed by atoms with Gasteiger partial charge in [-0.15, -0.1) is 0 Å². The molecule has 1 fully saturated rings. The molecule has 5 heteroatoms. The van der Waals surface area contributed by atoms with Gasteiger partial charge in [-0.3, -0.25) is 4.79 Å². The monoisotopic (exact) mass is 284 g/mol. The molecule has 4 nitrogen and oxygen atoms in total. The first-order chi connectivity index (χ1) is 7.62. The second kappa shape index (κ2) is 4.53. The third kappa shape index (κ3) is 2.26. The highest BCUT2D eigenvalue weighted by Gasteiger charge is 2.38. The van der Waals surface area contributed by atoms with Gasteiger partial charge in [-0.05, 0) is 34.5 Å². The molecule has 1 aromatic rings. The molecular formula is C11H13BrN2O2. The number of ether oxygens (including phenoxy) is 1. The van der Waals surface area contributed by atoms with Crippen molar-refractivity contribution in [1.29, 1.82) is 0 Å². The quantitative estimate of drug-likeness (QED) is 0.865. The van der Waals surface area contributed by atoms with Crippen molar-refractivity contribution in [2.45, 2.75) is 12.0 Å². The van der Waals surface area contributed by atoms with Gasteiger partial charge in [-0.2, -0.15) is 0 Å². The van der Waals surface area contributed by atoms with E-state index in [4.69, 9.17) is 10.5 Å². The van der Waals surface area contributed by atoms with E-state index in [1.165, 1.54) is 0 Å². The molecule has 1 heterocycles. The van der Waals surface area contributed by atoms with Crippen LogP contribution in [0.4, 0.5) is 5.69 Å². The molecule has 0 radical (unpaired) electrons. The van der Waals surface area contributed by atoms with Crippen LogP contribution in [-0.2, 0) is 9.53 Å². The van der Waals surface area contributed by atoms with Crippen LogP contribution in [0, 0.1) is 0 Å². The zero-order valence-electron chi connectivity index (χ0n) is 8.70. The van der Waals surface area contributed by atoms with Crippen LogP contribution in [0.2, 0.25) is 0 Å². The van der Waals surface area contributed by atoms with Crippen molar-refractivity contribution in [3.63, 3.8) is 0 Å². The summed E-state index contributed by atoms with van der Waals surface area (Å²) in [5.41, 5.74) is 5.78. The Kier molecular flexibility index (Phi) is 3.28. The van der Waals surface area contributed by atoms with Gasteiger partial charge in [-0.25, -0.2) is 0 Å². The van der Waals surface area contributed by atoms with Crippen molar-refractivity contribution in [1.82, 2.24) is 0 Å². The van der Waals surface area contributed by atoms with E-state index in [2.05, 4.69) is 21.2 Å². The summed E-state index contributed by atoms with van der Waals surface area (Å²) in [5, 5.41) is 2.80. The third-order valence-corrected chi connectivity index (χ3v) is 3.32. The van der Waals surface area contributed by atoms with Crippen molar-refractivity contribution < 1.29 is 9.53 Å². The Bertz CT molecular complexity index is 403. The number of carbonyl (C=O) groups is 1. The molecule has 1 unspecified atom stereocenters. The lowest BCUT2D eigenvalue weighted by Gasteiger charge is -2.20. The molecule has 0 spiro atoms. The Hall–Kier alpha value is -0.910. The average molecular weight is 285 g/mol. The largest absolute Gasteiger partial charge is 0.379 e. The summed E-state index contributed by atoms with van der Waals surface area (Å²) >= 11 is 3.36. The molecule has 1 atom stereocenters. The first kappa shape index (κ1) is 11.6. The van der Waals surface area contributed by atoms with Crippen molar-refractivity contribution in [3.05, 3.63) is 28.7 Å². The summed E-state index contributed by atoms with van der Waals surface area (Å²) in [6.07, 6.45) is 0.559. The Labute approximate surface area is 102 Å². The second-order valence-electron chi connectivity index (χ2n) is 3.89. The Morgan fingerprint density at radius 1 is 1.50 bits per heavy atom. The minimum Gasteiger partial charge on any atom is -0.379 e. The van der Waals surface area contributed by atoms with Crippen LogP contribution in [0.1, 0.15) is 6.42 Å². The summed E-state index contributed by atoms with van der Waals surface area (Å²) in [6, 6.07) is 7.43. The van der Waals surface area contributed by atoms with Crippen molar-refractivity contribution >= 4 is 27.5 Å². The van der Waals surface area contributed by atoms with Crippen LogP contribution in [0.25, 0.3) is 0 Å². The lowest BCUT2D eigenvalue weighted by Crippen LogP contribution is -2.51. The molecule has 2 rings (SSSR count). The number of hydrogen-bond acceptors (Lipinski definition) is 3. The molecule has 0 aromatic heterocycles. The van der Waals surface area contributed by atoms with E-state index in [9.17, 15) is 4.79 Å². The predicted molar refractivity (Wildman–Crippen MR) is 65.1 cm³/mol. The van der Waals surface area contributed by atoms with Gasteiger partial charge in [0, 0.05) is 11.1 Å². The van der Waals surface area contributed by atoms with Gasteiger partial charge in [0.15, 0.2) is 0 Å². The lowest BCUT2D eigenvalue weighted by molar-refractivity contribution is -0.121. The van der Waals surface area contributed by atoms with Gasteiger partial charge in [0.25, 0.3) is 0 Å². The average Bonchev–Trinajstić information content (AvgIpc) is 2.70. The first-order valence-corrected chi connectivity index (χ1v) is 5.84. The molecule has 1 aromatic carbocycles. The number of hydrogen-bond donors (Lipinski definition) is 2. The van der Waals surface area contributed by atoms with E-state index in [1.807, 2.05) is 24.3 Å². The smallest absolute Gasteiger partial charge is 0.246 e. The van der Waals surface area contributed by atoms with Crippen molar-refractivity contribution in [3.8, 4) is 0 Å². The number of para-hydroxylation sites is 1. The fourth-order valence-corrected chi connectivity index (χ4v) is 1.95. The third-order valence-electron chi connectivity index (χ3n) is 2.63. The molecule has 0 saturated carbocycles. The summed E-state index contributed by atoms with van der Waals surface area (Å²) < 4.78 is 5.99. The molecule has 0 bridgehead atoms. The minimum atomic E-state index is -0.894. The fourth-order valence-electron chi connectivity index (χ4n) is 1.57. The van der Waals surface area contributed by atoms with Gasteiger partial charge in [0.2, 0.25) is 5.91 Å². The van der Waals surface area contributed by atoms with E-state index < -0.39 is 5.54 Å². The Morgan fingerprint density at radius 3 is 2.88 bits per heavy atom. The van der Waals surface area contributed by atoms with Crippen LogP contribution in [0.5, 0.6) is 0 Å². The zero-order valence-corrected chi connectivity index (χ0v) is 10.3. The molecular weight excluding hydrogens is 272 g/mol. The van der Waals surface area contributed by atoms with E-state index >= 15 is 0 Å². The highest BCUT2D eigenvalue weighted by molar-refractivity contribution is 9.10. The molecule has 0 aliphatic carbocycles. The minimum absolute atomic E-state index is 0.197. The molecule has 1 aliphatic heterocycles. The van der Waals surface area contributed by atoms with E-state index in [1.54, 1.807) is 0 Å². The zero-order chi connectivity index (χ0) is 11.6. The maximum absolute atomic E-state index is 12.0. The first-order valence-electron chi connectivity index (χ1n) is 5.04. The predicted octanol–water partition coefficient (Wildman–Crippen LogP) is 1.51. The van der Waals surface area contributed by atoms with Crippen LogP contribution in [0.3, 0.4) is 0 Å². The lowest BCUT2D eigenvalue weighted by atomic mass is 9.99. The molecule has 1 amide bonds. The second-order valence-corrected chi connectivity index (χ2v) is 4.75. The van der Waals surface area contributed by atoms with Gasteiger partial charge in [-0.1, -0.05) is 12.1 Å². The molecule has 1 saturated heterocycles. The molecule has 3 N–H and O–H groups in total. The van der Waals surface area contributed by atoms with Crippen molar-refractivity contribution in [2.75, 3.05) is 18.5 Å². The van der Waals surface area contributed by atoms with Crippen LogP contribution in [-0.4, -0.2) is 24.7 Å². The summed E-state index contributed by atoms with van der Waals surface area (Å²) in [6.45, 7) is 0.823. The maximum Gasteiger partial charge on any atom is 0.246 e. The highest BCUT2D eigenvalue weighted by Crippen LogP contribution is 2.24. The van der Waals surface area contributed by atoms with Crippen LogP contribution < -0.4 is 11.1 Å². The van der Waals surface area contributed by atoms with Gasteiger partial charge in [0.1, 0.15) is 5.54 Å². The summed E-state index contributed by atoms with van der Waals surface area (Å²) in [7, 11) is 0. The van der Waals surface area contributed by atoms with Gasteiger partial charge >= 0.3 is 0 Å². The number of anilines is 1. The number of nitrogens with two attached hydrogens (primary N) is 1. The number of carbonyl (C=O) groups excluding carboxylic acids is 1. The molecule has 86 valence electrons. The Morgan fingerprint density at radius 2 is 2.25 bits per heavy atom. The number of benzene rings is 1. The SMILES string of the molecule is NC1(C(=O)Nc2ccccc2Br)CCOC1. The van der Waals surface area contributed by atoms with Gasteiger partial charge in [0.05, 0.1) is 12.3 Å². The van der Waals surface area contributed by atoms with E-state index in [0.717, 1.165) is 10.2 Å². The normalized spacial score (nSPS) is 24.4.